The van der Waals surface area contributed by atoms with Gasteiger partial charge >= 0.3 is 6.36 Å². The van der Waals surface area contributed by atoms with E-state index in [4.69, 9.17) is 10.5 Å². The molecule has 0 amide bonds. The van der Waals surface area contributed by atoms with Gasteiger partial charge in [0.2, 0.25) is 0 Å². The highest BCUT2D eigenvalue weighted by molar-refractivity contribution is 5.28. The second-order valence-electron chi connectivity index (χ2n) is 4.20. The summed E-state index contributed by atoms with van der Waals surface area (Å²) in [4.78, 5) is 0. The molecule has 0 saturated heterocycles. The molecule has 19 heavy (non-hydrogen) atoms. The van der Waals surface area contributed by atoms with Gasteiger partial charge in [-0.05, 0) is 18.1 Å². The minimum atomic E-state index is -4.61. The van der Waals surface area contributed by atoms with E-state index in [1.165, 1.54) is 0 Å². The molecule has 0 radical (unpaired) electrons. The topological polar surface area (TPSA) is 44.5 Å². The smallest absolute Gasteiger partial charge is 0.495 e. The molecule has 0 aromatic rings. The van der Waals surface area contributed by atoms with Gasteiger partial charge in [-0.2, -0.15) is 0 Å². The number of rotatable bonds is 5. The van der Waals surface area contributed by atoms with Crippen LogP contribution in [0.2, 0.25) is 0 Å². The monoisotopic (exact) mass is 277 g/mol. The van der Waals surface area contributed by atoms with Crippen molar-refractivity contribution in [2.45, 2.75) is 19.7 Å². The third-order valence-corrected chi connectivity index (χ3v) is 2.62. The van der Waals surface area contributed by atoms with E-state index in [-0.39, 0.29) is 12.5 Å². The van der Waals surface area contributed by atoms with Crippen LogP contribution in [0.4, 0.5) is 13.2 Å². The zero-order valence-corrected chi connectivity index (χ0v) is 10.7. The summed E-state index contributed by atoms with van der Waals surface area (Å²) in [5.74, 6) is 0.749. The van der Waals surface area contributed by atoms with Crippen LogP contribution < -0.4 is 5.73 Å². The molecule has 1 rings (SSSR count). The zero-order chi connectivity index (χ0) is 14.3. The molecule has 108 valence electrons. The first-order valence-electron chi connectivity index (χ1n) is 6.03. The van der Waals surface area contributed by atoms with Gasteiger partial charge < -0.3 is 10.5 Å². The highest BCUT2D eigenvalue weighted by atomic mass is 19.4. The first-order valence-corrected chi connectivity index (χ1v) is 6.03. The van der Waals surface area contributed by atoms with Crippen LogP contribution in [0.3, 0.4) is 0 Å². The summed E-state index contributed by atoms with van der Waals surface area (Å²) in [6.07, 6.45) is 3.63. The lowest BCUT2D eigenvalue weighted by atomic mass is 10.0. The Kier molecular flexibility index (Phi) is 6.11. The first-order chi connectivity index (χ1) is 8.92. The molecule has 0 spiro atoms. The predicted molar refractivity (Wildman–Crippen MR) is 66.1 cm³/mol. The fraction of sp³-hybridized carbons (Fsp3) is 0.538. The van der Waals surface area contributed by atoms with Crippen LogP contribution in [0, 0.1) is 5.92 Å². The van der Waals surface area contributed by atoms with Crippen molar-refractivity contribution in [1.82, 2.24) is 0 Å². The van der Waals surface area contributed by atoms with Crippen molar-refractivity contribution in [2.75, 3.05) is 19.8 Å². The van der Waals surface area contributed by atoms with Crippen LogP contribution in [0.1, 0.15) is 13.3 Å². The summed E-state index contributed by atoms with van der Waals surface area (Å²) in [5, 5.41) is 0. The van der Waals surface area contributed by atoms with Gasteiger partial charge in [0.25, 0.3) is 0 Å². The number of alkyl halides is 3. The third-order valence-electron chi connectivity index (χ3n) is 2.62. The van der Waals surface area contributed by atoms with E-state index in [1.807, 2.05) is 25.2 Å². The SMILES string of the molecule is CC1CC=CC(CN)=CC=C1OCCOC(F)(F)F. The van der Waals surface area contributed by atoms with Crippen molar-refractivity contribution in [1.29, 1.82) is 0 Å². The Balaban J connectivity index is 2.50. The van der Waals surface area contributed by atoms with E-state index < -0.39 is 13.0 Å². The number of halogens is 3. The van der Waals surface area contributed by atoms with Crippen molar-refractivity contribution in [2.24, 2.45) is 11.7 Å². The van der Waals surface area contributed by atoms with Crippen LogP contribution >= 0.6 is 0 Å². The van der Waals surface area contributed by atoms with E-state index in [0.717, 1.165) is 12.0 Å². The van der Waals surface area contributed by atoms with Crippen molar-refractivity contribution in [3.05, 3.63) is 35.6 Å². The summed E-state index contributed by atoms with van der Waals surface area (Å²) < 4.78 is 44.4. The summed E-state index contributed by atoms with van der Waals surface area (Å²) in [5.41, 5.74) is 6.48. The third kappa shape index (κ3) is 6.45. The van der Waals surface area contributed by atoms with Crippen LogP contribution in [0.15, 0.2) is 35.6 Å². The van der Waals surface area contributed by atoms with Gasteiger partial charge in [0.05, 0.1) is 12.4 Å². The quantitative estimate of drug-likeness (QED) is 0.786. The van der Waals surface area contributed by atoms with E-state index in [2.05, 4.69) is 4.74 Å². The highest BCUT2D eigenvalue weighted by Gasteiger charge is 2.28. The summed E-state index contributed by atoms with van der Waals surface area (Å²) in [7, 11) is 0. The van der Waals surface area contributed by atoms with Crippen LogP contribution in [0.25, 0.3) is 0 Å². The molecular weight excluding hydrogens is 259 g/mol. The molecule has 6 heteroatoms. The minimum Gasteiger partial charge on any atom is -0.495 e. The van der Waals surface area contributed by atoms with E-state index >= 15 is 0 Å². The highest BCUT2D eigenvalue weighted by Crippen LogP contribution is 2.20. The molecule has 0 aromatic carbocycles. The minimum absolute atomic E-state index is 0.109. The van der Waals surface area contributed by atoms with Crippen molar-refractivity contribution >= 4 is 0 Å². The second kappa shape index (κ2) is 7.35. The fourth-order valence-corrected chi connectivity index (χ4v) is 1.59. The van der Waals surface area contributed by atoms with Crippen LogP contribution in [-0.4, -0.2) is 26.1 Å². The van der Waals surface area contributed by atoms with Crippen molar-refractivity contribution < 1.29 is 22.6 Å². The number of hydrogen-bond acceptors (Lipinski definition) is 3. The van der Waals surface area contributed by atoms with Gasteiger partial charge in [0.15, 0.2) is 0 Å². The lowest BCUT2D eigenvalue weighted by Crippen LogP contribution is -2.18. The standard InChI is InChI=1S/C13H18F3NO2/c1-10-3-2-4-11(9-17)5-6-12(10)18-7-8-19-13(14,15)16/h2,4-6,10H,3,7-9,17H2,1H3. The number of hydrogen-bond donors (Lipinski definition) is 1. The zero-order valence-electron chi connectivity index (χ0n) is 10.7. The largest absolute Gasteiger partial charge is 0.522 e. The van der Waals surface area contributed by atoms with Gasteiger partial charge in [-0.1, -0.05) is 25.2 Å². The van der Waals surface area contributed by atoms with Gasteiger partial charge in [-0.25, -0.2) is 0 Å². The Morgan fingerprint density at radius 1 is 1.32 bits per heavy atom. The Labute approximate surface area is 110 Å². The summed E-state index contributed by atoms with van der Waals surface area (Å²) in [6, 6.07) is 0. The number of allylic oxidation sites excluding steroid dienone is 4. The summed E-state index contributed by atoms with van der Waals surface area (Å²) in [6.45, 7) is 1.70. The van der Waals surface area contributed by atoms with E-state index in [0.29, 0.717) is 12.3 Å². The lowest BCUT2D eigenvalue weighted by Gasteiger charge is -2.17. The lowest BCUT2D eigenvalue weighted by molar-refractivity contribution is -0.326. The summed E-state index contributed by atoms with van der Waals surface area (Å²) >= 11 is 0. The normalized spacial score (nSPS) is 20.4. The van der Waals surface area contributed by atoms with Crippen LogP contribution in [0.5, 0.6) is 0 Å². The Morgan fingerprint density at radius 3 is 2.68 bits per heavy atom. The van der Waals surface area contributed by atoms with Crippen molar-refractivity contribution in [3.63, 3.8) is 0 Å². The number of nitrogens with two attached hydrogens (primary N) is 1. The maximum absolute atomic E-state index is 11.8. The molecule has 1 aliphatic rings. The molecule has 0 aliphatic heterocycles. The number of ether oxygens (including phenoxy) is 2. The van der Waals surface area contributed by atoms with Gasteiger partial charge in [0, 0.05) is 12.5 Å². The van der Waals surface area contributed by atoms with Crippen molar-refractivity contribution in [3.8, 4) is 0 Å². The maximum Gasteiger partial charge on any atom is 0.522 e. The molecule has 1 atom stereocenters. The molecule has 2 N–H and O–H groups in total. The van der Waals surface area contributed by atoms with E-state index in [1.54, 1.807) is 6.08 Å². The Bertz CT molecular complexity index is 373. The van der Waals surface area contributed by atoms with Gasteiger partial charge in [-0.15, -0.1) is 13.2 Å². The average Bonchev–Trinajstić information content (AvgIpc) is 2.31. The maximum atomic E-state index is 11.8. The van der Waals surface area contributed by atoms with Gasteiger partial charge in [0.1, 0.15) is 6.61 Å². The molecule has 0 heterocycles. The first kappa shape index (κ1) is 15.8. The van der Waals surface area contributed by atoms with Crippen LogP contribution in [-0.2, 0) is 9.47 Å². The molecule has 0 fully saturated rings. The molecule has 0 aromatic heterocycles. The molecule has 0 bridgehead atoms. The predicted octanol–water partition coefficient (Wildman–Crippen LogP) is 2.90. The molecule has 3 nitrogen and oxygen atoms in total. The fourth-order valence-electron chi connectivity index (χ4n) is 1.59. The Hall–Kier alpha value is -1.27. The van der Waals surface area contributed by atoms with Gasteiger partial charge in [-0.3, -0.25) is 4.74 Å². The second-order valence-corrected chi connectivity index (χ2v) is 4.20. The average molecular weight is 277 g/mol. The molecule has 1 aliphatic carbocycles. The molecule has 1 unspecified atom stereocenters. The van der Waals surface area contributed by atoms with E-state index in [9.17, 15) is 13.2 Å². The Morgan fingerprint density at radius 2 is 2.05 bits per heavy atom. The molecule has 0 saturated carbocycles. The molecular formula is C13H18F3NO2.